The molecular formula is C25H32N2O4. The third kappa shape index (κ3) is 5.37. The molecule has 1 amide bonds. The number of nitrogen functional groups attached to an aromatic ring is 1. The van der Waals surface area contributed by atoms with Crippen molar-refractivity contribution in [3.05, 3.63) is 48.0 Å². The predicted octanol–water partition coefficient (Wildman–Crippen LogP) is 5.42. The van der Waals surface area contributed by atoms with Gasteiger partial charge < -0.3 is 20.1 Å². The molecular weight excluding hydrogens is 392 g/mol. The molecule has 0 radical (unpaired) electrons. The number of hydrogen-bond donors (Lipinski definition) is 1. The number of anilines is 2. The lowest BCUT2D eigenvalue weighted by Crippen LogP contribution is -2.43. The number of benzene rings is 2. The van der Waals surface area contributed by atoms with Crippen molar-refractivity contribution >= 4 is 23.3 Å². The standard InChI is InChI=1S/C25H32N2O4/c1-16(2)27(24(28)18-7-5-17(3)6-8-18)23-14-13-21(15-22(23)25(29)30-4)31-20-11-9-19(26)10-12-20/h9-18H,5-8,26H2,1-4H3/t17-,18-. The number of rotatable bonds is 6. The van der Waals surface area contributed by atoms with Crippen LogP contribution in [-0.4, -0.2) is 25.0 Å². The first-order valence-corrected chi connectivity index (χ1v) is 10.9. The van der Waals surface area contributed by atoms with E-state index in [0.717, 1.165) is 25.7 Å². The molecule has 1 aliphatic rings. The van der Waals surface area contributed by atoms with Crippen LogP contribution in [0.3, 0.4) is 0 Å². The van der Waals surface area contributed by atoms with E-state index in [4.69, 9.17) is 15.2 Å². The molecule has 2 aromatic rings. The maximum atomic E-state index is 13.4. The average Bonchev–Trinajstić information content (AvgIpc) is 2.76. The van der Waals surface area contributed by atoms with E-state index in [0.29, 0.717) is 34.4 Å². The topological polar surface area (TPSA) is 81.9 Å². The summed E-state index contributed by atoms with van der Waals surface area (Å²) in [5.74, 6) is 1.29. The zero-order chi connectivity index (χ0) is 22.5. The molecule has 2 N–H and O–H groups in total. The van der Waals surface area contributed by atoms with E-state index in [9.17, 15) is 9.59 Å². The molecule has 2 aromatic carbocycles. The molecule has 6 nitrogen and oxygen atoms in total. The van der Waals surface area contributed by atoms with Gasteiger partial charge in [0, 0.05) is 17.6 Å². The highest BCUT2D eigenvalue weighted by molar-refractivity contribution is 6.04. The summed E-state index contributed by atoms with van der Waals surface area (Å²) in [4.78, 5) is 27.8. The first-order valence-electron chi connectivity index (χ1n) is 10.9. The van der Waals surface area contributed by atoms with Gasteiger partial charge in [-0.05, 0) is 87.9 Å². The van der Waals surface area contributed by atoms with E-state index in [-0.39, 0.29) is 17.9 Å². The number of carbonyl (C=O) groups excluding carboxylic acids is 2. The Hall–Kier alpha value is -3.02. The molecule has 3 rings (SSSR count). The lowest BCUT2D eigenvalue weighted by Gasteiger charge is -2.34. The summed E-state index contributed by atoms with van der Waals surface area (Å²) in [6.07, 6.45) is 3.88. The second kappa shape index (κ2) is 9.86. The van der Waals surface area contributed by atoms with Crippen LogP contribution in [0, 0.1) is 11.8 Å². The van der Waals surface area contributed by atoms with Crippen LogP contribution in [0.4, 0.5) is 11.4 Å². The molecule has 1 fully saturated rings. The van der Waals surface area contributed by atoms with Gasteiger partial charge >= 0.3 is 5.97 Å². The van der Waals surface area contributed by atoms with Gasteiger partial charge in [0.15, 0.2) is 0 Å². The van der Waals surface area contributed by atoms with Crippen LogP contribution < -0.4 is 15.4 Å². The fourth-order valence-corrected chi connectivity index (χ4v) is 4.09. The van der Waals surface area contributed by atoms with Crippen molar-refractivity contribution in [2.24, 2.45) is 11.8 Å². The molecule has 1 aliphatic carbocycles. The smallest absolute Gasteiger partial charge is 0.340 e. The molecule has 0 atom stereocenters. The minimum absolute atomic E-state index is 0.0187. The van der Waals surface area contributed by atoms with Crippen molar-refractivity contribution in [2.75, 3.05) is 17.7 Å². The molecule has 166 valence electrons. The first-order chi connectivity index (χ1) is 14.8. The zero-order valence-electron chi connectivity index (χ0n) is 18.8. The molecule has 0 unspecified atom stereocenters. The van der Waals surface area contributed by atoms with Gasteiger partial charge in [0.05, 0.1) is 18.4 Å². The van der Waals surface area contributed by atoms with Crippen molar-refractivity contribution in [2.45, 2.75) is 52.5 Å². The maximum Gasteiger partial charge on any atom is 0.340 e. The monoisotopic (exact) mass is 424 g/mol. The van der Waals surface area contributed by atoms with Crippen LogP contribution in [0.25, 0.3) is 0 Å². The fourth-order valence-electron chi connectivity index (χ4n) is 4.09. The van der Waals surface area contributed by atoms with Crippen molar-refractivity contribution in [1.29, 1.82) is 0 Å². The van der Waals surface area contributed by atoms with Gasteiger partial charge in [-0.2, -0.15) is 0 Å². The highest BCUT2D eigenvalue weighted by Crippen LogP contribution is 2.35. The predicted molar refractivity (Wildman–Crippen MR) is 122 cm³/mol. The Morgan fingerprint density at radius 3 is 2.19 bits per heavy atom. The summed E-state index contributed by atoms with van der Waals surface area (Å²) in [7, 11) is 1.34. The molecule has 31 heavy (non-hydrogen) atoms. The summed E-state index contributed by atoms with van der Waals surface area (Å²) in [6.45, 7) is 6.16. The van der Waals surface area contributed by atoms with Crippen molar-refractivity contribution < 1.29 is 19.1 Å². The van der Waals surface area contributed by atoms with E-state index in [2.05, 4.69) is 6.92 Å². The molecule has 0 aliphatic heterocycles. The fraction of sp³-hybridized carbons (Fsp3) is 0.440. The second-order valence-electron chi connectivity index (χ2n) is 8.60. The van der Waals surface area contributed by atoms with Gasteiger partial charge in [0.25, 0.3) is 0 Å². The van der Waals surface area contributed by atoms with Crippen LogP contribution in [0.1, 0.15) is 56.8 Å². The summed E-state index contributed by atoms with van der Waals surface area (Å²) in [5, 5.41) is 0. The van der Waals surface area contributed by atoms with Crippen LogP contribution in [0.5, 0.6) is 11.5 Å². The summed E-state index contributed by atoms with van der Waals surface area (Å²) in [6, 6.07) is 12.1. The summed E-state index contributed by atoms with van der Waals surface area (Å²) >= 11 is 0. The third-order valence-electron chi connectivity index (χ3n) is 5.87. The SMILES string of the molecule is COC(=O)c1cc(Oc2ccc(N)cc2)ccc1N(C(=O)[C@H]1CC[C@H](C)CC1)C(C)C. The summed E-state index contributed by atoms with van der Waals surface area (Å²) in [5.41, 5.74) is 7.22. The van der Waals surface area contributed by atoms with E-state index in [1.54, 1.807) is 47.4 Å². The van der Waals surface area contributed by atoms with Crippen LogP contribution >= 0.6 is 0 Å². The quantitative estimate of drug-likeness (QED) is 0.495. The molecule has 0 saturated heterocycles. The highest BCUT2D eigenvalue weighted by Gasteiger charge is 2.32. The number of nitrogens with zero attached hydrogens (tertiary/aromatic N) is 1. The number of carbonyl (C=O) groups is 2. The molecule has 0 heterocycles. The Kier molecular flexibility index (Phi) is 7.21. The first kappa shape index (κ1) is 22.7. The van der Waals surface area contributed by atoms with Crippen molar-refractivity contribution in [1.82, 2.24) is 0 Å². The molecule has 0 aromatic heterocycles. The zero-order valence-corrected chi connectivity index (χ0v) is 18.8. The number of nitrogens with two attached hydrogens (primary N) is 1. The Bertz CT molecular complexity index is 916. The number of hydrogen-bond acceptors (Lipinski definition) is 5. The molecule has 6 heteroatoms. The maximum absolute atomic E-state index is 13.4. The minimum atomic E-state index is -0.506. The lowest BCUT2D eigenvalue weighted by atomic mass is 9.82. The van der Waals surface area contributed by atoms with Gasteiger partial charge in [-0.15, -0.1) is 0 Å². The van der Waals surface area contributed by atoms with Crippen molar-refractivity contribution in [3.63, 3.8) is 0 Å². The third-order valence-corrected chi connectivity index (χ3v) is 5.87. The van der Waals surface area contributed by atoms with E-state index in [1.807, 2.05) is 13.8 Å². The largest absolute Gasteiger partial charge is 0.465 e. The normalized spacial score (nSPS) is 18.5. The van der Waals surface area contributed by atoms with Gasteiger partial charge in [0.1, 0.15) is 11.5 Å². The highest BCUT2D eigenvalue weighted by atomic mass is 16.5. The summed E-state index contributed by atoms with van der Waals surface area (Å²) < 4.78 is 10.9. The van der Waals surface area contributed by atoms with Gasteiger partial charge in [0.2, 0.25) is 5.91 Å². The number of esters is 1. The second-order valence-corrected chi connectivity index (χ2v) is 8.60. The Morgan fingerprint density at radius 1 is 1.00 bits per heavy atom. The Morgan fingerprint density at radius 2 is 1.61 bits per heavy atom. The van der Waals surface area contributed by atoms with Gasteiger partial charge in [-0.3, -0.25) is 4.79 Å². The van der Waals surface area contributed by atoms with E-state index >= 15 is 0 Å². The average molecular weight is 425 g/mol. The molecule has 0 bridgehead atoms. The van der Waals surface area contributed by atoms with E-state index in [1.165, 1.54) is 7.11 Å². The lowest BCUT2D eigenvalue weighted by molar-refractivity contribution is -0.123. The van der Waals surface area contributed by atoms with Crippen LogP contribution in [0.2, 0.25) is 0 Å². The Labute approximate surface area is 184 Å². The van der Waals surface area contributed by atoms with Crippen molar-refractivity contribution in [3.8, 4) is 11.5 Å². The minimum Gasteiger partial charge on any atom is -0.465 e. The van der Waals surface area contributed by atoms with Gasteiger partial charge in [-0.25, -0.2) is 4.79 Å². The Balaban J connectivity index is 1.93. The van der Waals surface area contributed by atoms with Crippen LogP contribution in [0.15, 0.2) is 42.5 Å². The number of amides is 1. The molecule has 1 saturated carbocycles. The number of methoxy groups -OCH3 is 1. The van der Waals surface area contributed by atoms with Gasteiger partial charge in [-0.1, -0.05) is 6.92 Å². The number of ether oxygens (including phenoxy) is 2. The molecule has 0 spiro atoms. The van der Waals surface area contributed by atoms with E-state index < -0.39 is 5.97 Å². The van der Waals surface area contributed by atoms with Crippen LogP contribution in [-0.2, 0) is 9.53 Å².